The SMILES string of the molecule is C=CC(=O)N1CCN(C(=O)CNc2ccc(N)c3nonc23)CC1. The summed E-state index contributed by atoms with van der Waals surface area (Å²) >= 11 is 0. The third-order valence-electron chi connectivity index (χ3n) is 4.00. The molecule has 126 valence electrons. The molecule has 2 aromatic rings. The Labute approximate surface area is 138 Å². The van der Waals surface area contributed by atoms with Crippen LogP contribution in [-0.2, 0) is 9.59 Å². The van der Waals surface area contributed by atoms with Crippen molar-refractivity contribution in [2.75, 3.05) is 43.8 Å². The number of nitrogens with zero attached hydrogens (tertiary/aromatic N) is 4. The van der Waals surface area contributed by atoms with Gasteiger partial charge in [-0.05, 0) is 28.5 Å². The average molecular weight is 330 g/mol. The van der Waals surface area contributed by atoms with Crippen molar-refractivity contribution >= 4 is 34.2 Å². The van der Waals surface area contributed by atoms with Crippen molar-refractivity contribution in [1.29, 1.82) is 0 Å². The zero-order valence-electron chi connectivity index (χ0n) is 13.1. The Balaban J connectivity index is 1.58. The number of piperazine rings is 1. The predicted molar refractivity (Wildman–Crippen MR) is 88.1 cm³/mol. The first-order chi connectivity index (χ1) is 11.6. The molecule has 1 aromatic heterocycles. The summed E-state index contributed by atoms with van der Waals surface area (Å²) in [5, 5.41) is 10.6. The summed E-state index contributed by atoms with van der Waals surface area (Å²) in [5.74, 6) is -0.162. The molecule has 0 saturated carbocycles. The number of benzene rings is 1. The van der Waals surface area contributed by atoms with Gasteiger partial charge in [-0.15, -0.1) is 0 Å². The highest BCUT2D eigenvalue weighted by molar-refractivity contribution is 5.96. The van der Waals surface area contributed by atoms with Crippen LogP contribution in [0.25, 0.3) is 11.0 Å². The second-order valence-corrected chi connectivity index (χ2v) is 5.43. The van der Waals surface area contributed by atoms with E-state index in [-0.39, 0.29) is 18.4 Å². The summed E-state index contributed by atoms with van der Waals surface area (Å²) < 4.78 is 4.69. The fourth-order valence-corrected chi connectivity index (χ4v) is 2.62. The third-order valence-corrected chi connectivity index (χ3v) is 4.00. The molecule has 2 heterocycles. The van der Waals surface area contributed by atoms with Gasteiger partial charge in [0.05, 0.1) is 17.9 Å². The smallest absolute Gasteiger partial charge is 0.246 e. The number of carbonyl (C=O) groups is 2. The highest BCUT2D eigenvalue weighted by Crippen LogP contribution is 2.24. The van der Waals surface area contributed by atoms with E-state index in [0.717, 1.165) is 0 Å². The van der Waals surface area contributed by atoms with Crippen LogP contribution in [0, 0.1) is 0 Å². The summed E-state index contributed by atoms with van der Waals surface area (Å²) in [6.07, 6.45) is 1.29. The van der Waals surface area contributed by atoms with Crippen molar-refractivity contribution in [2.24, 2.45) is 0 Å². The number of anilines is 2. The molecule has 1 aromatic carbocycles. The predicted octanol–water partition coefficient (Wildman–Crippen LogP) is 0.0737. The van der Waals surface area contributed by atoms with Crippen molar-refractivity contribution in [3.8, 4) is 0 Å². The van der Waals surface area contributed by atoms with Gasteiger partial charge in [0.1, 0.15) is 0 Å². The number of nitrogen functional groups attached to an aromatic ring is 1. The maximum atomic E-state index is 12.3. The molecule has 0 radical (unpaired) electrons. The molecule has 0 atom stereocenters. The van der Waals surface area contributed by atoms with Gasteiger partial charge in [0.25, 0.3) is 0 Å². The number of amides is 2. The van der Waals surface area contributed by atoms with E-state index >= 15 is 0 Å². The van der Waals surface area contributed by atoms with E-state index in [9.17, 15) is 9.59 Å². The lowest BCUT2D eigenvalue weighted by Gasteiger charge is -2.34. The Morgan fingerprint density at radius 2 is 1.88 bits per heavy atom. The number of nitrogens with one attached hydrogen (secondary N) is 1. The van der Waals surface area contributed by atoms with Crippen molar-refractivity contribution in [2.45, 2.75) is 0 Å². The third kappa shape index (κ3) is 3.00. The molecule has 1 aliphatic rings. The lowest BCUT2D eigenvalue weighted by atomic mass is 10.2. The van der Waals surface area contributed by atoms with Gasteiger partial charge in [0.2, 0.25) is 11.8 Å². The van der Waals surface area contributed by atoms with Crippen LogP contribution in [0.3, 0.4) is 0 Å². The molecule has 0 aliphatic carbocycles. The number of fused-ring (bicyclic) bond motifs is 1. The molecule has 9 heteroatoms. The number of aromatic nitrogens is 2. The van der Waals surface area contributed by atoms with Crippen LogP contribution in [0.4, 0.5) is 11.4 Å². The molecular weight excluding hydrogens is 312 g/mol. The summed E-state index contributed by atoms with van der Waals surface area (Å²) in [7, 11) is 0. The first-order valence-corrected chi connectivity index (χ1v) is 7.54. The largest absolute Gasteiger partial charge is 0.397 e. The molecule has 2 amide bonds. The minimum Gasteiger partial charge on any atom is -0.397 e. The summed E-state index contributed by atoms with van der Waals surface area (Å²) in [6.45, 7) is 5.61. The minimum atomic E-state index is -0.108. The standard InChI is InChI=1S/C15H18N6O3/c1-2-12(22)20-5-7-21(8-6-20)13(23)9-17-11-4-3-10(16)14-15(11)19-24-18-14/h2-4,17H,1,5-9,16H2. The van der Waals surface area contributed by atoms with Gasteiger partial charge in [-0.3, -0.25) is 9.59 Å². The Morgan fingerprint density at radius 1 is 1.21 bits per heavy atom. The van der Waals surface area contributed by atoms with E-state index in [2.05, 4.69) is 22.2 Å². The Bertz CT molecular complexity index is 779. The molecule has 1 saturated heterocycles. The van der Waals surface area contributed by atoms with Crippen LogP contribution in [0.15, 0.2) is 29.4 Å². The van der Waals surface area contributed by atoms with Crippen LogP contribution in [-0.4, -0.2) is 64.7 Å². The van der Waals surface area contributed by atoms with Gasteiger partial charge in [0, 0.05) is 26.2 Å². The van der Waals surface area contributed by atoms with Gasteiger partial charge in [0.15, 0.2) is 11.0 Å². The summed E-state index contributed by atoms with van der Waals surface area (Å²) in [5.41, 5.74) is 7.84. The lowest BCUT2D eigenvalue weighted by molar-refractivity contribution is -0.135. The zero-order valence-corrected chi connectivity index (χ0v) is 13.1. The van der Waals surface area contributed by atoms with Crippen LogP contribution in [0.1, 0.15) is 0 Å². The van der Waals surface area contributed by atoms with Crippen molar-refractivity contribution in [3.05, 3.63) is 24.8 Å². The van der Waals surface area contributed by atoms with Gasteiger partial charge < -0.3 is 20.9 Å². The molecule has 9 nitrogen and oxygen atoms in total. The highest BCUT2D eigenvalue weighted by atomic mass is 16.6. The molecule has 24 heavy (non-hydrogen) atoms. The second-order valence-electron chi connectivity index (χ2n) is 5.43. The van der Waals surface area contributed by atoms with Crippen LogP contribution in [0.2, 0.25) is 0 Å². The molecule has 1 aliphatic heterocycles. The first kappa shape index (κ1) is 15.8. The monoisotopic (exact) mass is 330 g/mol. The number of nitrogens with two attached hydrogens (primary N) is 1. The van der Waals surface area contributed by atoms with E-state index in [1.807, 2.05) is 0 Å². The average Bonchev–Trinajstić information content (AvgIpc) is 3.11. The van der Waals surface area contributed by atoms with E-state index < -0.39 is 0 Å². The van der Waals surface area contributed by atoms with Crippen LogP contribution < -0.4 is 11.1 Å². The van der Waals surface area contributed by atoms with E-state index in [0.29, 0.717) is 48.6 Å². The maximum absolute atomic E-state index is 12.3. The molecule has 3 N–H and O–H groups in total. The number of rotatable bonds is 4. The molecule has 0 spiro atoms. The number of carbonyl (C=O) groups excluding carboxylic acids is 2. The fourth-order valence-electron chi connectivity index (χ4n) is 2.62. The normalized spacial score (nSPS) is 14.7. The van der Waals surface area contributed by atoms with E-state index in [1.54, 1.807) is 21.9 Å². The molecular formula is C15H18N6O3. The maximum Gasteiger partial charge on any atom is 0.246 e. The van der Waals surface area contributed by atoms with Gasteiger partial charge in [-0.25, -0.2) is 4.63 Å². The first-order valence-electron chi connectivity index (χ1n) is 7.54. The minimum absolute atomic E-state index is 0.0536. The number of hydrogen-bond acceptors (Lipinski definition) is 7. The fraction of sp³-hybridized carbons (Fsp3) is 0.333. The Kier molecular flexibility index (Phi) is 4.32. The highest BCUT2D eigenvalue weighted by Gasteiger charge is 2.22. The molecule has 0 unspecified atom stereocenters. The van der Waals surface area contributed by atoms with Crippen LogP contribution >= 0.6 is 0 Å². The van der Waals surface area contributed by atoms with Gasteiger partial charge in [-0.2, -0.15) is 0 Å². The Hall–Kier alpha value is -3.10. The molecule has 0 bridgehead atoms. The number of hydrogen-bond donors (Lipinski definition) is 2. The Morgan fingerprint density at radius 3 is 2.58 bits per heavy atom. The quantitative estimate of drug-likeness (QED) is 0.602. The molecule has 3 rings (SSSR count). The topological polar surface area (TPSA) is 118 Å². The van der Waals surface area contributed by atoms with Crippen molar-refractivity contribution in [3.63, 3.8) is 0 Å². The lowest BCUT2D eigenvalue weighted by Crippen LogP contribution is -2.51. The van der Waals surface area contributed by atoms with Gasteiger partial charge >= 0.3 is 0 Å². The van der Waals surface area contributed by atoms with E-state index in [1.165, 1.54) is 6.08 Å². The second kappa shape index (κ2) is 6.57. The van der Waals surface area contributed by atoms with Crippen molar-refractivity contribution < 1.29 is 14.2 Å². The van der Waals surface area contributed by atoms with Crippen LogP contribution in [0.5, 0.6) is 0 Å². The van der Waals surface area contributed by atoms with Gasteiger partial charge in [-0.1, -0.05) is 6.58 Å². The summed E-state index contributed by atoms with van der Waals surface area (Å²) in [6, 6.07) is 3.41. The zero-order chi connectivity index (χ0) is 17.1. The van der Waals surface area contributed by atoms with Crippen molar-refractivity contribution in [1.82, 2.24) is 20.1 Å². The molecule has 1 fully saturated rings. The summed E-state index contributed by atoms with van der Waals surface area (Å²) in [4.78, 5) is 27.2. The van der Waals surface area contributed by atoms with E-state index in [4.69, 9.17) is 10.4 Å².